The molecule has 1 aromatic heterocycles. The first-order valence-electron chi connectivity index (χ1n) is 21.5. The first-order valence-corrected chi connectivity index (χ1v) is 24.3. The largest absolute Gasteiger partial charge is 0.308 e. The van der Waals surface area contributed by atoms with Gasteiger partial charge in [0.15, 0.2) is 8.07 Å². The van der Waals surface area contributed by atoms with Gasteiger partial charge in [0.25, 0.3) is 0 Å². The van der Waals surface area contributed by atoms with Crippen molar-refractivity contribution in [3.8, 4) is 22.3 Å². The normalized spacial score (nSPS) is 16.1. The topological polar surface area (TPSA) is 3.24 Å². The number of fused-ring (bicyclic) bond motifs is 22. The molecule has 286 valence electrons. The van der Waals surface area contributed by atoms with Crippen LogP contribution in [0.15, 0.2) is 200 Å². The van der Waals surface area contributed by atoms with Gasteiger partial charge in [-0.1, -0.05) is 190 Å². The van der Waals surface area contributed by atoms with Crippen LogP contribution in [0, 0.1) is 0 Å². The van der Waals surface area contributed by atoms with E-state index in [0.717, 1.165) is 0 Å². The van der Waals surface area contributed by atoms with Crippen LogP contribution in [0.5, 0.6) is 0 Å². The fraction of sp³-hybridized carbons (Fsp3) is 0.0690. The highest BCUT2D eigenvalue weighted by molar-refractivity contribution is 7.27. The molecule has 0 radical (unpaired) electrons. The highest BCUT2D eigenvalue weighted by Gasteiger charge is 2.56. The Morgan fingerprint density at radius 3 is 1.44 bits per heavy atom. The zero-order chi connectivity index (χ0) is 40.2. The van der Waals surface area contributed by atoms with E-state index in [0.29, 0.717) is 0 Å². The lowest BCUT2D eigenvalue weighted by atomic mass is 9.53. The van der Waals surface area contributed by atoms with Crippen molar-refractivity contribution in [3.63, 3.8) is 0 Å². The monoisotopic (exact) mass is 809 g/mol. The number of hydrogen-bond donors (Lipinski definition) is 0. The number of benzene rings is 9. The van der Waals surface area contributed by atoms with Crippen molar-refractivity contribution in [1.29, 1.82) is 0 Å². The molecule has 0 saturated heterocycles. The molecule has 10 aromatic rings. The van der Waals surface area contributed by atoms with E-state index in [2.05, 4.69) is 219 Å². The number of thiophene rings is 1. The Labute approximate surface area is 360 Å². The Kier molecular flexibility index (Phi) is 6.54. The molecular weight excluding hydrogens is 771 g/mol. The van der Waals surface area contributed by atoms with E-state index in [1.807, 2.05) is 11.3 Å². The van der Waals surface area contributed by atoms with Crippen molar-refractivity contribution in [1.82, 2.24) is 0 Å². The first-order chi connectivity index (χ1) is 30.1. The highest BCUT2D eigenvalue weighted by atomic mass is 32.1. The number of anilines is 3. The summed E-state index contributed by atoms with van der Waals surface area (Å²) in [6.07, 6.45) is 0. The van der Waals surface area contributed by atoms with E-state index in [1.165, 1.54) is 114 Å². The molecule has 0 atom stereocenters. The molecule has 14 rings (SSSR count). The first kappa shape index (κ1) is 34.0. The van der Waals surface area contributed by atoms with Crippen LogP contribution in [0.4, 0.5) is 17.1 Å². The van der Waals surface area contributed by atoms with Crippen LogP contribution in [0.25, 0.3) is 42.4 Å². The Hall–Kier alpha value is -6.78. The SMILES string of the molecule is CC1(C)c2ccccc2C2(c3ccccc3N(c3cc4c(c5c3sc3ccccc35)-c3ccccc3[Si]43c4ccccc4-c4ccccc43)c3ccccc32)c2ccccc21. The van der Waals surface area contributed by atoms with Gasteiger partial charge < -0.3 is 4.90 Å². The summed E-state index contributed by atoms with van der Waals surface area (Å²) in [5, 5.41) is 8.74. The molecule has 4 aliphatic rings. The summed E-state index contributed by atoms with van der Waals surface area (Å²) in [6, 6.07) is 77.1. The summed E-state index contributed by atoms with van der Waals surface area (Å²) in [4.78, 5) is 2.66. The van der Waals surface area contributed by atoms with E-state index in [9.17, 15) is 0 Å². The predicted octanol–water partition coefficient (Wildman–Crippen LogP) is 12.2. The standard InChI is InChI=1S/C58H39NSSi/c1-57(2)40-23-7-9-25-42(40)58(43-26-10-8-24-41(43)57)44-27-11-13-29-46(44)59(47-30-14-12-28-45(47)58)48-35-53-54(55-38-21-3-15-31-49(38)60-56(48)55)39-22-6-18-34-52(39)61(53)50-32-16-4-19-36(50)37-20-5-17-33-51(37)61/h3-35H,1-2H3. The summed E-state index contributed by atoms with van der Waals surface area (Å²) in [5.41, 5.74) is 16.8. The molecule has 0 saturated carbocycles. The van der Waals surface area contributed by atoms with Crippen molar-refractivity contribution >= 4 is 77.4 Å². The fourth-order valence-electron chi connectivity index (χ4n) is 12.7. The van der Waals surface area contributed by atoms with Crippen LogP contribution in [0.1, 0.15) is 47.2 Å². The van der Waals surface area contributed by atoms with Crippen LogP contribution in [0.2, 0.25) is 0 Å². The van der Waals surface area contributed by atoms with Gasteiger partial charge in [-0.2, -0.15) is 0 Å². The third-order valence-electron chi connectivity index (χ3n) is 14.9. The summed E-state index contributed by atoms with van der Waals surface area (Å²) in [5.74, 6) is 0. The van der Waals surface area contributed by atoms with Crippen LogP contribution >= 0.6 is 11.3 Å². The zero-order valence-electron chi connectivity index (χ0n) is 33.9. The predicted molar refractivity (Wildman–Crippen MR) is 260 cm³/mol. The second-order valence-electron chi connectivity index (χ2n) is 17.8. The van der Waals surface area contributed by atoms with Gasteiger partial charge in [0.05, 0.1) is 27.2 Å². The summed E-state index contributed by atoms with van der Waals surface area (Å²) < 4.78 is 2.67. The van der Waals surface area contributed by atoms with E-state index in [-0.39, 0.29) is 5.41 Å². The molecule has 4 heterocycles. The van der Waals surface area contributed by atoms with Gasteiger partial charge in [0.2, 0.25) is 0 Å². The van der Waals surface area contributed by atoms with Gasteiger partial charge in [-0.3, -0.25) is 0 Å². The molecule has 0 bridgehead atoms. The molecule has 0 fully saturated rings. The lowest BCUT2D eigenvalue weighted by molar-refractivity contribution is 0.556. The van der Waals surface area contributed by atoms with Gasteiger partial charge in [-0.25, -0.2) is 0 Å². The maximum Gasteiger partial charge on any atom is 0.182 e. The summed E-state index contributed by atoms with van der Waals surface area (Å²) >= 11 is 1.95. The average Bonchev–Trinajstić information content (AvgIpc) is 3.95. The van der Waals surface area contributed by atoms with Gasteiger partial charge in [0, 0.05) is 20.9 Å². The van der Waals surface area contributed by atoms with E-state index < -0.39 is 13.5 Å². The van der Waals surface area contributed by atoms with Crippen LogP contribution in [-0.2, 0) is 10.8 Å². The Balaban J connectivity index is 1.16. The maximum atomic E-state index is 2.68. The highest BCUT2D eigenvalue weighted by Crippen LogP contribution is 2.63. The lowest BCUT2D eigenvalue weighted by Crippen LogP contribution is -2.70. The zero-order valence-corrected chi connectivity index (χ0v) is 35.7. The molecule has 2 spiro atoms. The lowest BCUT2D eigenvalue weighted by Gasteiger charge is -2.52. The minimum atomic E-state index is -2.78. The van der Waals surface area contributed by atoms with Crippen LogP contribution < -0.4 is 25.6 Å². The van der Waals surface area contributed by atoms with Crippen LogP contribution in [-0.4, -0.2) is 8.07 Å². The molecule has 0 unspecified atom stereocenters. The maximum absolute atomic E-state index is 2.78. The van der Waals surface area contributed by atoms with Gasteiger partial charge in [0.1, 0.15) is 0 Å². The van der Waals surface area contributed by atoms with Crippen LogP contribution in [0.3, 0.4) is 0 Å². The average molecular weight is 810 g/mol. The van der Waals surface area contributed by atoms with E-state index in [4.69, 9.17) is 0 Å². The number of rotatable bonds is 1. The summed E-state index contributed by atoms with van der Waals surface area (Å²) in [6.45, 7) is 4.81. The molecule has 1 aliphatic carbocycles. The quantitative estimate of drug-likeness (QED) is 0.149. The molecule has 3 heteroatoms. The molecule has 9 aromatic carbocycles. The minimum absolute atomic E-state index is 0.162. The van der Waals surface area contributed by atoms with Crippen molar-refractivity contribution in [2.45, 2.75) is 24.7 Å². The Morgan fingerprint density at radius 1 is 0.410 bits per heavy atom. The molecule has 0 amide bonds. The third kappa shape index (κ3) is 3.90. The van der Waals surface area contributed by atoms with Gasteiger partial charge in [-0.15, -0.1) is 11.3 Å². The number of nitrogens with zero attached hydrogens (tertiary/aromatic N) is 1. The fourth-order valence-corrected chi connectivity index (χ4v) is 19.5. The van der Waals surface area contributed by atoms with Crippen molar-refractivity contribution in [3.05, 3.63) is 234 Å². The molecule has 61 heavy (non-hydrogen) atoms. The number of hydrogen-bond acceptors (Lipinski definition) is 2. The smallest absolute Gasteiger partial charge is 0.182 e. The van der Waals surface area contributed by atoms with Crippen molar-refractivity contribution < 1.29 is 0 Å². The molecule has 1 nitrogen and oxygen atoms in total. The van der Waals surface area contributed by atoms with E-state index >= 15 is 0 Å². The van der Waals surface area contributed by atoms with Crippen molar-refractivity contribution in [2.75, 3.05) is 4.90 Å². The summed E-state index contributed by atoms with van der Waals surface area (Å²) in [7, 11) is -2.78. The molecule has 3 aliphatic heterocycles. The van der Waals surface area contributed by atoms with Gasteiger partial charge >= 0.3 is 0 Å². The number of para-hydroxylation sites is 2. The third-order valence-corrected chi connectivity index (χ3v) is 21.1. The molecular formula is C58H39NSSi. The second kappa shape index (κ2) is 11.7. The Morgan fingerprint density at radius 2 is 0.852 bits per heavy atom. The van der Waals surface area contributed by atoms with Gasteiger partial charge in [-0.05, 0) is 101 Å². The minimum Gasteiger partial charge on any atom is -0.308 e. The van der Waals surface area contributed by atoms with Crippen molar-refractivity contribution in [2.24, 2.45) is 0 Å². The molecule has 0 N–H and O–H groups in total. The van der Waals surface area contributed by atoms with E-state index in [1.54, 1.807) is 0 Å². The Bertz CT molecular complexity index is 3410. The second-order valence-corrected chi connectivity index (χ2v) is 22.6.